The minimum atomic E-state index is 0.586. The average Bonchev–Trinajstić information content (AvgIpc) is 2.65. The van der Waals surface area contributed by atoms with E-state index in [2.05, 4.69) is 16.2 Å². The summed E-state index contributed by atoms with van der Waals surface area (Å²) in [6.45, 7) is 1.91. The van der Waals surface area contributed by atoms with Gasteiger partial charge in [-0.05, 0) is 19.1 Å². The fourth-order valence-electron chi connectivity index (χ4n) is 1.16. The van der Waals surface area contributed by atoms with Gasteiger partial charge < -0.3 is 0 Å². The Bertz CT molecular complexity index is 493. The number of aryl methyl sites for hydroxylation is 1. The van der Waals surface area contributed by atoms with Crippen molar-refractivity contribution >= 4 is 0 Å². The van der Waals surface area contributed by atoms with Gasteiger partial charge in [0.25, 0.3) is 0 Å². The molecule has 0 aliphatic carbocycles. The summed E-state index contributed by atoms with van der Waals surface area (Å²) in [5.41, 5.74) is 1.51. The zero-order valence-electron chi connectivity index (χ0n) is 7.68. The summed E-state index contributed by atoms with van der Waals surface area (Å²) >= 11 is 0. The van der Waals surface area contributed by atoms with Crippen LogP contribution in [0.2, 0.25) is 0 Å². The molecule has 0 bridgehead atoms. The second kappa shape index (κ2) is 3.30. The minimum Gasteiger partial charge on any atom is -0.237 e. The fraction of sp³-hybridized carbons (Fsp3) is 0.100. The quantitative estimate of drug-likeness (QED) is 0.674. The van der Waals surface area contributed by atoms with Crippen LogP contribution in [0.5, 0.6) is 0 Å². The van der Waals surface area contributed by atoms with Gasteiger partial charge in [0.1, 0.15) is 0 Å². The SMILES string of the molecule is Cc1ccn(-c2cc(C#N)ccn2)n1. The van der Waals surface area contributed by atoms with Gasteiger partial charge in [0.05, 0.1) is 17.3 Å². The second-order valence-corrected chi connectivity index (χ2v) is 2.92. The van der Waals surface area contributed by atoms with Gasteiger partial charge in [-0.25, -0.2) is 9.67 Å². The van der Waals surface area contributed by atoms with Crippen molar-refractivity contribution in [2.75, 3.05) is 0 Å². The first-order chi connectivity index (χ1) is 6.79. The summed E-state index contributed by atoms with van der Waals surface area (Å²) in [5.74, 6) is 0.664. The smallest absolute Gasteiger partial charge is 0.154 e. The summed E-state index contributed by atoms with van der Waals surface area (Å²) < 4.78 is 1.65. The lowest BCUT2D eigenvalue weighted by Gasteiger charge is -1.98. The highest BCUT2D eigenvalue weighted by atomic mass is 15.3. The van der Waals surface area contributed by atoms with Crippen molar-refractivity contribution in [3.8, 4) is 11.9 Å². The maximum Gasteiger partial charge on any atom is 0.154 e. The zero-order valence-corrected chi connectivity index (χ0v) is 7.68. The molecule has 2 heterocycles. The van der Waals surface area contributed by atoms with Crippen LogP contribution in [0, 0.1) is 18.3 Å². The minimum absolute atomic E-state index is 0.586. The molecule has 0 aliphatic heterocycles. The zero-order chi connectivity index (χ0) is 9.97. The van der Waals surface area contributed by atoms with E-state index < -0.39 is 0 Å². The van der Waals surface area contributed by atoms with E-state index in [0.717, 1.165) is 5.69 Å². The molecule has 2 rings (SSSR count). The van der Waals surface area contributed by atoms with Crippen LogP contribution in [-0.2, 0) is 0 Å². The Kier molecular flexibility index (Phi) is 1.99. The number of nitriles is 1. The lowest BCUT2D eigenvalue weighted by Crippen LogP contribution is -1.98. The van der Waals surface area contributed by atoms with E-state index in [-0.39, 0.29) is 0 Å². The molecule has 0 atom stereocenters. The Hall–Kier alpha value is -2.15. The average molecular weight is 184 g/mol. The molecule has 0 radical (unpaired) electrons. The Balaban J connectivity index is 2.47. The molecule has 0 aromatic carbocycles. The number of hydrogen-bond donors (Lipinski definition) is 0. The van der Waals surface area contributed by atoms with Gasteiger partial charge in [0, 0.05) is 18.5 Å². The highest BCUT2D eigenvalue weighted by Gasteiger charge is 2.00. The molecule has 0 amide bonds. The molecule has 2 aromatic heterocycles. The first kappa shape index (κ1) is 8.45. The van der Waals surface area contributed by atoms with E-state index in [9.17, 15) is 0 Å². The molecule has 14 heavy (non-hydrogen) atoms. The molecule has 68 valence electrons. The number of hydrogen-bond acceptors (Lipinski definition) is 3. The Labute approximate surface area is 81.4 Å². The van der Waals surface area contributed by atoms with Gasteiger partial charge in [0.2, 0.25) is 0 Å². The van der Waals surface area contributed by atoms with E-state index in [1.54, 1.807) is 23.0 Å². The van der Waals surface area contributed by atoms with E-state index in [1.165, 1.54) is 0 Å². The van der Waals surface area contributed by atoms with Gasteiger partial charge in [-0.15, -0.1) is 0 Å². The van der Waals surface area contributed by atoms with Crippen LogP contribution < -0.4 is 0 Å². The molecule has 0 fully saturated rings. The maximum atomic E-state index is 8.71. The number of aromatic nitrogens is 3. The Morgan fingerprint density at radius 2 is 2.29 bits per heavy atom. The standard InChI is InChI=1S/C10H8N4/c1-8-3-5-14(13-8)10-6-9(7-11)2-4-12-10/h2-6H,1H3. The van der Waals surface area contributed by atoms with Crippen LogP contribution >= 0.6 is 0 Å². The lowest BCUT2D eigenvalue weighted by atomic mass is 10.3. The van der Waals surface area contributed by atoms with Crippen LogP contribution in [-0.4, -0.2) is 14.8 Å². The third kappa shape index (κ3) is 1.48. The first-order valence-electron chi connectivity index (χ1n) is 4.18. The monoisotopic (exact) mass is 184 g/mol. The largest absolute Gasteiger partial charge is 0.237 e. The van der Waals surface area contributed by atoms with Crippen LogP contribution in [0.15, 0.2) is 30.6 Å². The van der Waals surface area contributed by atoms with Crippen molar-refractivity contribution in [2.24, 2.45) is 0 Å². The molecule has 0 aliphatic rings. The van der Waals surface area contributed by atoms with Crippen molar-refractivity contribution in [1.29, 1.82) is 5.26 Å². The molecule has 0 unspecified atom stereocenters. The Morgan fingerprint density at radius 1 is 1.43 bits per heavy atom. The number of pyridine rings is 1. The first-order valence-corrected chi connectivity index (χ1v) is 4.18. The second-order valence-electron chi connectivity index (χ2n) is 2.92. The molecule has 2 aromatic rings. The van der Waals surface area contributed by atoms with Crippen molar-refractivity contribution in [1.82, 2.24) is 14.8 Å². The van der Waals surface area contributed by atoms with Gasteiger partial charge in [-0.1, -0.05) is 0 Å². The summed E-state index contributed by atoms with van der Waals surface area (Å²) in [5, 5.41) is 12.9. The summed E-state index contributed by atoms with van der Waals surface area (Å²) in [6.07, 6.45) is 3.42. The summed E-state index contributed by atoms with van der Waals surface area (Å²) in [4.78, 5) is 4.12. The van der Waals surface area contributed by atoms with E-state index in [0.29, 0.717) is 11.4 Å². The van der Waals surface area contributed by atoms with Gasteiger partial charge >= 0.3 is 0 Å². The van der Waals surface area contributed by atoms with E-state index >= 15 is 0 Å². The molecule has 0 spiro atoms. The number of rotatable bonds is 1. The van der Waals surface area contributed by atoms with Crippen molar-refractivity contribution < 1.29 is 0 Å². The highest BCUT2D eigenvalue weighted by molar-refractivity contribution is 5.34. The van der Waals surface area contributed by atoms with E-state index in [1.807, 2.05) is 19.2 Å². The van der Waals surface area contributed by atoms with Gasteiger partial charge in [-0.2, -0.15) is 10.4 Å². The molecule has 0 saturated carbocycles. The van der Waals surface area contributed by atoms with Crippen LogP contribution in [0.3, 0.4) is 0 Å². The molecule has 0 N–H and O–H groups in total. The predicted molar refractivity (Wildman–Crippen MR) is 50.8 cm³/mol. The molecular formula is C10H8N4. The normalized spacial score (nSPS) is 9.71. The third-order valence-corrected chi connectivity index (χ3v) is 1.83. The fourth-order valence-corrected chi connectivity index (χ4v) is 1.16. The predicted octanol–water partition coefficient (Wildman–Crippen LogP) is 1.45. The molecule has 4 nitrogen and oxygen atoms in total. The Morgan fingerprint density at radius 3 is 2.93 bits per heavy atom. The van der Waals surface area contributed by atoms with Crippen molar-refractivity contribution in [3.63, 3.8) is 0 Å². The maximum absolute atomic E-state index is 8.71. The van der Waals surface area contributed by atoms with Gasteiger partial charge in [0.15, 0.2) is 5.82 Å². The summed E-state index contributed by atoms with van der Waals surface area (Å²) in [6, 6.07) is 7.32. The molecule has 0 saturated heterocycles. The topological polar surface area (TPSA) is 54.5 Å². The number of nitrogens with zero attached hydrogens (tertiary/aromatic N) is 4. The van der Waals surface area contributed by atoms with Crippen LogP contribution in [0.1, 0.15) is 11.3 Å². The van der Waals surface area contributed by atoms with Crippen molar-refractivity contribution in [3.05, 3.63) is 41.9 Å². The molecule has 4 heteroatoms. The van der Waals surface area contributed by atoms with Crippen LogP contribution in [0.4, 0.5) is 0 Å². The van der Waals surface area contributed by atoms with Crippen LogP contribution in [0.25, 0.3) is 5.82 Å². The summed E-state index contributed by atoms with van der Waals surface area (Å²) in [7, 11) is 0. The van der Waals surface area contributed by atoms with Gasteiger partial charge in [-0.3, -0.25) is 0 Å². The van der Waals surface area contributed by atoms with E-state index in [4.69, 9.17) is 5.26 Å². The van der Waals surface area contributed by atoms with Crippen molar-refractivity contribution in [2.45, 2.75) is 6.92 Å². The lowest BCUT2D eigenvalue weighted by molar-refractivity contribution is 0.832. The third-order valence-electron chi connectivity index (χ3n) is 1.83. The molecular weight excluding hydrogens is 176 g/mol. The highest BCUT2D eigenvalue weighted by Crippen LogP contribution is 2.05.